The summed E-state index contributed by atoms with van der Waals surface area (Å²) in [5, 5.41) is 4.52. The fourth-order valence-corrected chi connectivity index (χ4v) is 3.38. The molecule has 0 saturated carbocycles. The summed E-state index contributed by atoms with van der Waals surface area (Å²) < 4.78 is 2.23. The van der Waals surface area contributed by atoms with Crippen LogP contribution in [0, 0.1) is 3.57 Å². The average Bonchev–Trinajstić information content (AvgIpc) is 2.48. The average molecular weight is 329 g/mol. The summed E-state index contributed by atoms with van der Waals surface area (Å²) in [4.78, 5) is 0. The molecule has 1 aromatic carbocycles. The van der Waals surface area contributed by atoms with Crippen LogP contribution in [-0.4, -0.2) is 0 Å². The maximum absolute atomic E-state index is 5.98. The number of hydrogen-bond acceptors (Lipinski definition) is 1. The molecule has 0 nitrogen and oxygen atoms in total. The highest BCUT2D eigenvalue weighted by Gasteiger charge is 2.08. The van der Waals surface area contributed by atoms with Gasteiger partial charge in [-0.05, 0) is 40.1 Å². The second-order valence-electron chi connectivity index (χ2n) is 2.32. The molecule has 0 fully saturated rings. The fraction of sp³-hybridized carbons (Fsp3) is 0. The highest BCUT2D eigenvalue weighted by molar-refractivity contribution is 14.1. The van der Waals surface area contributed by atoms with E-state index in [2.05, 4.69) is 28.7 Å². The SMILES string of the molecule is Clc1cc2sccc2c(I)c1Cl. The van der Waals surface area contributed by atoms with Crippen molar-refractivity contribution in [1.29, 1.82) is 0 Å². The molecule has 4 heteroatoms. The molecular weight excluding hydrogens is 326 g/mol. The summed E-state index contributed by atoms with van der Waals surface area (Å²) in [7, 11) is 0. The first kappa shape index (κ1) is 9.06. The largest absolute Gasteiger partial charge is 0.144 e. The van der Waals surface area contributed by atoms with Gasteiger partial charge in [-0.2, -0.15) is 0 Å². The molecule has 0 aliphatic carbocycles. The van der Waals surface area contributed by atoms with E-state index in [1.807, 2.05) is 11.4 Å². The van der Waals surface area contributed by atoms with Gasteiger partial charge in [0.25, 0.3) is 0 Å². The van der Waals surface area contributed by atoms with Gasteiger partial charge in [0.15, 0.2) is 0 Å². The van der Waals surface area contributed by atoms with Crippen LogP contribution in [-0.2, 0) is 0 Å². The van der Waals surface area contributed by atoms with Crippen molar-refractivity contribution in [2.45, 2.75) is 0 Å². The Morgan fingerprint density at radius 3 is 2.83 bits per heavy atom. The topological polar surface area (TPSA) is 0 Å². The monoisotopic (exact) mass is 328 g/mol. The lowest BCUT2D eigenvalue weighted by Crippen LogP contribution is -1.76. The molecule has 0 bridgehead atoms. The molecule has 0 N–H and O–H groups in total. The van der Waals surface area contributed by atoms with Crippen LogP contribution in [0.3, 0.4) is 0 Å². The van der Waals surface area contributed by atoms with Gasteiger partial charge in [0.1, 0.15) is 0 Å². The molecule has 0 aliphatic heterocycles. The molecule has 0 unspecified atom stereocenters. The Hall–Kier alpha value is 0.490. The molecule has 2 aromatic rings. The molecule has 2 rings (SSSR count). The lowest BCUT2D eigenvalue weighted by atomic mass is 10.3. The quantitative estimate of drug-likeness (QED) is 0.481. The fourth-order valence-electron chi connectivity index (χ4n) is 1.02. The van der Waals surface area contributed by atoms with Gasteiger partial charge in [-0.15, -0.1) is 11.3 Å². The zero-order valence-corrected chi connectivity index (χ0v) is 10.3. The first-order valence-corrected chi connectivity index (χ1v) is 5.92. The second kappa shape index (κ2) is 3.33. The summed E-state index contributed by atoms with van der Waals surface area (Å²) in [5.74, 6) is 0. The van der Waals surface area contributed by atoms with Crippen molar-refractivity contribution in [2.24, 2.45) is 0 Å². The van der Waals surface area contributed by atoms with E-state index in [-0.39, 0.29) is 0 Å². The van der Waals surface area contributed by atoms with Crippen molar-refractivity contribution in [3.8, 4) is 0 Å². The van der Waals surface area contributed by atoms with Crippen LogP contribution in [0.25, 0.3) is 10.1 Å². The number of fused-ring (bicyclic) bond motifs is 1. The van der Waals surface area contributed by atoms with E-state index in [1.165, 1.54) is 10.1 Å². The molecule has 0 atom stereocenters. The van der Waals surface area contributed by atoms with Gasteiger partial charge in [-0.3, -0.25) is 0 Å². The zero-order chi connectivity index (χ0) is 8.72. The van der Waals surface area contributed by atoms with Crippen molar-refractivity contribution in [3.63, 3.8) is 0 Å². The van der Waals surface area contributed by atoms with Gasteiger partial charge >= 0.3 is 0 Å². The highest BCUT2D eigenvalue weighted by atomic mass is 127. The summed E-state index contributed by atoms with van der Waals surface area (Å²) in [6.07, 6.45) is 0. The predicted octanol–water partition coefficient (Wildman–Crippen LogP) is 4.81. The highest BCUT2D eigenvalue weighted by Crippen LogP contribution is 2.36. The third-order valence-corrected chi connectivity index (χ3v) is 4.68. The van der Waals surface area contributed by atoms with E-state index in [9.17, 15) is 0 Å². The van der Waals surface area contributed by atoms with Crippen LogP contribution >= 0.6 is 57.1 Å². The Labute approximate surface area is 97.6 Å². The smallest absolute Gasteiger partial charge is 0.0732 e. The third-order valence-electron chi connectivity index (χ3n) is 1.59. The van der Waals surface area contributed by atoms with E-state index in [0.29, 0.717) is 10.0 Å². The Morgan fingerprint density at radius 2 is 2.08 bits per heavy atom. The van der Waals surface area contributed by atoms with E-state index < -0.39 is 0 Å². The molecule has 1 aromatic heterocycles. The van der Waals surface area contributed by atoms with Crippen molar-refractivity contribution < 1.29 is 0 Å². The van der Waals surface area contributed by atoms with Gasteiger partial charge in [-0.25, -0.2) is 0 Å². The summed E-state index contributed by atoms with van der Waals surface area (Å²) in [6, 6.07) is 3.97. The maximum atomic E-state index is 5.98. The predicted molar refractivity (Wildman–Crippen MR) is 64.6 cm³/mol. The molecule has 0 aliphatic rings. The number of thiophene rings is 1. The van der Waals surface area contributed by atoms with Crippen LogP contribution in [0.5, 0.6) is 0 Å². The molecule has 0 radical (unpaired) electrons. The lowest BCUT2D eigenvalue weighted by Gasteiger charge is -1.99. The van der Waals surface area contributed by atoms with Crippen LogP contribution in [0.4, 0.5) is 0 Å². The first-order valence-electron chi connectivity index (χ1n) is 3.21. The molecule has 62 valence electrons. The molecule has 12 heavy (non-hydrogen) atoms. The number of benzene rings is 1. The molecule has 1 heterocycles. The summed E-state index contributed by atoms with van der Waals surface area (Å²) in [5.41, 5.74) is 0. The van der Waals surface area contributed by atoms with E-state index >= 15 is 0 Å². The second-order valence-corrected chi connectivity index (χ2v) is 5.13. The maximum Gasteiger partial charge on any atom is 0.0732 e. The molecule has 0 amide bonds. The Kier molecular flexibility index (Phi) is 2.51. The summed E-state index contributed by atoms with van der Waals surface area (Å²) in [6.45, 7) is 0. The van der Waals surface area contributed by atoms with Gasteiger partial charge in [0.2, 0.25) is 0 Å². The number of hydrogen-bond donors (Lipinski definition) is 0. The minimum atomic E-state index is 0.635. The Balaban J connectivity index is 2.94. The third kappa shape index (κ3) is 1.35. The van der Waals surface area contributed by atoms with E-state index in [0.717, 1.165) is 3.57 Å². The van der Waals surface area contributed by atoms with Gasteiger partial charge in [0.05, 0.1) is 10.0 Å². The van der Waals surface area contributed by atoms with Crippen molar-refractivity contribution in [2.75, 3.05) is 0 Å². The first-order chi connectivity index (χ1) is 5.70. The molecular formula is C8H3Cl2IS. The van der Waals surface area contributed by atoms with Crippen molar-refractivity contribution in [1.82, 2.24) is 0 Å². The lowest BCUT2D eigenvalue weighted by molar-refractivity contribution is 1.77. The Morgan fingerprint density at radius 1 is 1.33 bits per heavy atom. The number of rotatable bonds is 0. The minimum absolute atomic E-state index is 0.635. The van der Waals surface area contributed by atoms with Gasteiger partial charge in [0, 0.05) is 13.7 Å². The zero-order valence-electron chi connectivity index (χ0n) is 5.77. The number of halogens is 3. The standard InChI is InChI=1S/C8H3Cl2IS/c9-5-3-6-4(1-2-12-6)8(11)7(5)10/h1-3H. The van der Waals surface area contributed by atoms with Crippen molar-refractivity contribution >= 4 is 67.2 Å². The van der Waals surface area contributed by atoms with Crippen LogP contribution in [0.15, 0.2) is 17.5 Å². The Bertz CT molecular complexity index is 436. The normalized spacial score (nSPS) is 10.9. The molecule has 0 saturated heterocycles. The van der Waals surface area contributed by atoms with Gasteiger partial charge in [-0.1, -0.05) is 23.2 Å². The summed E-state index contributed by atoms with van der Waals surface area (Å²) >= 11 is 15.8. The van der Waals surface area contributed by atoms with Crippen LogP contribution in [0.2, 0.25) is 10.0 Å². The van der Waals surface area contributed by atoms with Crippen LogP contribution < -0.4 is 0 Å². The molecule has 0 spiro atoms. The van der Waals surface area contributed by atoms with E-state index in [4.69, 9.17) is 23.2 Å². The van der Waals surface area contributed by atoms with Crippen LogP contribution in [0.1, 0.15) is 0 Å². The van der Waals surface area contributed by atoms with Crippen molar-refractivity contribution in [3.05, 3.63) is 31.1 Å². The van der Waals surface area contributed by atoms with Gasteiger partial charge < -0.3 is 0 Å². The minimum Gasteiger partial charge on any atom is -0.144 e. The van der Waals surface area contributed by atoms with E-state index in [1.54, 1.807) is 11.3 Å².